The molecule has 0 bridgehead atoms. The second-order valence-corrected chi connectivity index (χ2v) is 7.13. The Morgan fingerprint density at radius 3 is 1.75 bits per heavy atom. The van der Waals surface area contributed by atoms with Crippen LogP contribution in [0, 0.1) is 12.3 Å². The molecule has 0 amide bonds. The minimum atomic E-state index is -0.966. The first kappa shape index (κ1) is 23.4. The zero-order valence-corrected chi connectivity index (χ0v) is 18.4. The molecule has 0 fully saturated rings. The van der Waals surface area contributed by atoms with E-state index < -0.39 is 11.7 Å². The fraction of sp³-hybridized carbons (Fsp3) is 0.259. The molecule has 0 radical (unpaired) electrons. The summed E-state index contributed by atoms with van der Waals surface area (Å²) in [7, 11) is 3.27. The summed E-state index contributed by atoms with van der Waals surface area (Å²) in [6, 6.07) is 25.5. The van der Waals surface area contributed by atoms with Crippen LogP contribution in [0.5, 0.6) is 11.5 Å². The van der Waals surface area contributed by atoms with Gasteiger partial charge in [-0.1, -0.05) is 60.5 Å². The number of aliphatic hydroxyl groups excluding tert-OH is 1. The standard InChI is InChI=1S/C27H28O5/c1-4-18-31-26(19-28)20-32-27(21-8-6-5-7-9-21,22-10-14-24(29-2)15-11-22)23-12-16-25(30-3)17-13-23/h1,5-17,26,28H,18-20H2,2-3H3. The molecule has 0 aliphatic heterocycles. The van der Waals surface area contributed by atoms with E-state index in [0.717, 1.165) is 28.2 Å². The third-order valence-electron chi connectivity index (χ3n) is 5.27. The fourth-order valence-corrected chi connectivity index (χ4v) is 3.61. The molecule has 0 saturated carbocycles. The monoisotopic (exact) mass is 432 g/mol. The van der Waals surface area contributed by atoms with Crippen molar-refractivity contribution in [2.75, 3.05) is 34.0 Å². The largest absolute Gasteiger partial charge is 0.497 e. The van der Waals surface area contributed by atoms with E-state index >= 15 is 0 Å². The van der Waals surface area contributed by atoms with Crippen molar-refractivity contribution in [3.63, 3.8) is 0 Å². The topological polar surface area (TPSA) is 57.2 Å². The molecule has 0 saturated heterocycles. The third-order valence-corrected chi connectivity index (χ3v) is 5.27. The first-order valence-electron chi connectivity index (χ1n) is 10.3. The summed E-state index contributed by atoms with van der Waals surface area (Å²) >= 11 is 0. The molecule has 32 heavy (non-hydrogen) atoms. The maximum atomic E-state index is 9.79. The number of ether oxygens (including phenoxy) is 4. The summed E-state index contributed by atoms with van der Waals surface area (Å²) in [4.78, 5) is 0. The Kier molecular flexibility index (Phi) is 8.29. The number of rotatable bonds is 11. The van der Waals surface area contributed by atoms with E-state index in [0.29, 0.717) is 0 Å². The van der Waals surface area contributed by atoms with Crippen molar-refractivity contribution >= 4 is 0 Å². The number of terminal acetylenes is 1. The third kappa shape index (κ3) is 5.12. The highest BCUT2D eigenvalue weighted by molar-refractivity contribution is 5.49. The van der Waals surface area contributed by atoms with E-state index in [4.69, 9.17) is 25.4 Å². The van der Waals surface area contributed by atoms with Crippen LogP contribution in [0.1, 0.15) is 16.7 Å². The molecule has 3 rings (SSSR count). The van der Waals surface area contributed by atoms with Crippen LogP contribution in [0.25, 0.3) is 0 Å². The van der Waals surface area contributed by atoms with E-state index in [1.165, 1.54) is 0 Å². The Bertz CT molecular complexity index is 943. The molecule has 1 unspecified atom stereocenters. The first-order chi connectivity index (χ1) is 15.7. The Balaban J connectivity index is 2.15. The summed E-state index contributed by atoms with van der Waals surface area (Å²) in [6.45, 7) is 0.0148. The zero-order valence-electron chi connectivity index (χ0n) is 18.4. The normalized spacial score (nSPS) is 12.1. The Morgan fingerprint density at radius 1 is 0.812 bits per heavy atom. The molecule has 0 aliphatic carbocycles. The summed E-state index contributed by atoms with van der Waals surface area (Å²) < 4.78 is 22.9. The van der Waals surface area contributed by atoms with Gasteiger partial charge in [-0.25, -0.2) is 0 Å². The molecular formula is C27H28O5. The molecule has 0 aliphatic rings. The average molecular weight is 433 g/mol. The second-order valence-electron chi connectivity index (χ2n) is 7.13. The van der Waals surface area contributed by atoms with Crippen LogP contribution in [-0.2, 0) is 15.1 Å². The molecular weight excluding hydrogens is 404 g/mol. The maximum absolute atomic E-state index is 9.79. The van der Waals surface area contributed by atoms with Gasteiger partial charge in [0.15, 0.2) is 0 Å². The molecule has 0 spiro atoms. The van der Waals surface area contributed by atoms with Gasteiger partial charge in [0.05, 0.1) is 27.4 Å². The lowest BCUT2D eigenvalue weighted by atomic mass is 9.80. The summed E-state index contributed by atoms with van der Waals surface area (Å²) in [5.41, 5.74) is 1.78. The van der Waals surface area contributed by atoms with Gasteiger partial charge in [0.25, 0.3) is 0 Å². The van der Waals surface area contributed by atoms with Gasteiger partial charge in [0, 0.05) is 0 Å². The number of methoxy groups -OCH3 is 2. The molecule has 5 heteroatoms. The van der Waals surface area contributed by atoms with Gasteiger partial charge in [-0.15, -0.1) is 6.42 Å². The quantitative estimate of drug-likeness (QED) is 0.366. The molecule has 0 aromatic heterocycles. The molecule has 166 valence electrons. The van der Waals surface area contributed by atoms with Crippen molar-refractivity contribution in [3.05, 3.63) is 95.6 Å². The van der Waals surface area contributed by atoms with Gasteiger partial charge in [-0.3, -0.25) is 0 Å². The van der Waals surface area contributed by atoms with E-state index in [9.17, 15) is 5.11 Å². The fourth-order valence-electron chi connectivity index (χ4n) is 3.61. The molecule has 3 aromatic rings. The van der Waals surface area contributed by atoms with Crippen LogP contribution in [0.2, 0.25) is 0 Å². The van der Waals surface area contributed by atoms with Gasteiger partial charge in [0.1, 0.15) is 29.8 Å². The van der Waals surface area contributed by atoms with Crippen LogP contribution < -0.4 is 9.47 Å². The van der Waals surface area contributed by atoms with E-state index in [-0.39, 0.29) is 19.8 Å². The predicted molar refractivity (Wildman–Crippen MR) is 124 cm³/mol. The highest BCUT2D eigenvalue weighted by Crippen LogP contribution is 2.41. The van der Waals surface area contributed by atoms with E-state index in [2.05, 4.69) is 5.92 Å². The van der Waals surface area contributed by atoms with E-state index in [1.807, 2.05) is 78.9 Å². The van der Waals surface area contributed by atoms with Crippen molar-refractivity contribution in [2.24, 2.45) is 0 Å². The number of aliphatic hydroxyl groups is 1. The molecule has 1 atom stereocenters. The lowest BCUT2D eigenvalue weighted by Crippen LogP contribution is -2.37. The van der Waals surface area contributed by atoms with Crippen LogP contribution >= 0.6 is 0 Å². The van der Waals surface area contributed by atoms with Crippen LogP contribution in [0.15, 0.2) is 78.9 Å². The number of hydrogen-bond donors (Lipinski definition) is 1. The summed E-state index contributed by atoms with van der Waals surface area (Å²) in [6.07, 6.45) is 4.76. The Labute approximate surface area is 189 Å². The SMILES string of the molecule is C#CCOC(CO)COC(c1ccccc1)(c1ccc(OC)cc1)c1ccc(OC)cc1. The van der Waals surface area contributed by atoms with Crippen molar-refractivity contribution < 1.29 is 24.1 Å². The summed E-state index contributed by atoms with van der Waals surface area (Å²) in [5.74, 6) is 3.93. The lowest BCUT2D eigenvalue weighted by molar-refractivity contribution is -0.0738. The van der Waals surface area contributed by atoms with Crippen LogP contribution in [-0.4, -0.2) is 45.3 Å². The van der Waals surface area contributed by atoms with Crippen molar-refractivity contribution in [1.82, 2.24) is 0 Å². The van der Waals surface area contributed by atoms with Crippen molar-refractivity contribution in [1.29, 1.82) is 0 Å². The number of hydrogen-bond acceptors (Lipinski definition) is 5. The summed E-state index contributed by atoms with van der Waals surface area (Å²) in [5, 5.41) is 9.79. The minimum absolute atomic E-state index is 0.0952. The Hall–Kier alpha value is -3.30. The van der Waals surface area contributed by atoms with Gasteiger partial charge in [-0.2, -0.15) is 0 Å². The van der Waals surface area contributed by atoms with Crippen molar-refractivity contribution in [3.8, 4) is 23.8 Å². The molecule has 5 nitrogen and oxygen atoms in total. The van der Waals surface area contributed by atoms with Gasteiger partial charge in [0.2, 0.25) is 0 Å². The lowest BCUT2D eigenvalue weighted by Gasteiger charge is -2.37. The Morgan fingerprint density at radius 2 is 1.31 bits per heavy atom. The molecule has 0 heterocycles. The average Bonchev–Trinajstić information content (AvgIpc) is 2.87. The number of benzene rings is 3. The first-order valence-corrected chi connectivity index (χ1v) is 10.3. The van der Waals surface area contributed by atoms with Crippen LogP contribution in [0.4, 0.5) is 0 Å². The van der Waals surface area contributed by atoms with Gasteiger partial charge >= 0.3 is 0 Å². The zero-order chi connectivity index (χ0) is 22.8. The smallest absolute Gasteiger partial charge is 0.143 e. The van der Waals surface area contributed by atoms with Gasteiger partial charge < -0.3 is 24.1 Å². The highest BCUT2D eigenvalue weighted by Gasteiger charge is 2.38. The molecule has 3 aromatic carbocycles. The highest BCUT2D eigenvalue weighted by atomic mass is 16.5. The minimum Gasteiger partial charge on any atom is -0.497 e. The van der Waals surface area contributed by atoms with Gasteiger partial charge in [-0.05, 0) is 41.0 Å². The van der Waals surface area contributed by atoms with Crippen LogP contribution in [0.3, 0.4) is 0 Å². The maximum Gasteiger partial charge on any atom is 0.143 e. The van der Waals surface area contributed by atoms with Crippen molar-refractivity contribution in [2.45, 2.75) is 11.7 Å². The predicted octanol–water partition coefficient (Wildman–Crippen LogP) is 4.02. The molecule has 1 N–H and O–H groups in total. The van der Waals surface area contributed by atoms with E-state index in [1.54, 1.807) is 14.2 Å². The second kappa shape index (κ2) is 11.4.